The van der Waals surface area contributed by atoms with Gasteiger partial charge in [-0.1, -0.05) is 38.1 Å². The maximum absolute atomic E-state index is 12.9. The van der Waals surface area contributed by atoms with E-state index in [-0.39, 0.29) is 17.4 Å². The molecule has 4 heteroatoms. The van der Waals surface area contributed by atoms with Gasteiger partial charge in [0.05, 0.1) is 0 Å². The van der Waals surface area contributed by atoms with Crippen LogP contribution in [0.1, 0.15) is 36.5 Å². The van der Waals surface area contributed by atoms with E-state index in [1.54, 1.807) is 6.08 Å². The first kappa shape index (κ1) is 15.2. The fraction of sp³-hybridized carbons (Fsp3) is 0.158. The second kappa shape index (κ2) is 6.16. The minimum Gasteiger partial charge on any atom is -0.402 e. The highest BCUT2D eigenvalue weighted by molar-refractivity contribution is 6.12. The van der Waals surface area contributed by atoms with Gasteiger partial charge in [-0.05, 0) is 47.4 Å². The highest BCUT2D eigenvalue weighted by atomic mass is 19.1. The molecule has 1 heterocycles. The van der Waals surface area contributed by atoms with E-state index in [4.69, 9.17) is 4.74 Å². The zero-order valence-corrected chi connectivity index (χ0v) is 12.9. The largest absolute Gasteiger partial charge is 0.402 e. The van der Waals surface area contributed by atoms with Gasteiger partial charge >= 0.3 is 5.97 Å². The third-order valence-electron chi connectivity index (χ3n) is 3.62. The Hall–Kier alpha value is -2.75. The van der Waals surface area contributed by atoms with Crippen molar-refractivity contribution in [1.82, 2.24) is 0 Å². The van der Waals surface area contributed by atoms with E-state index >= 15 is 0 Å². The fourth-order valence-electron chi connectivity index (χ4n) is 2.26. The molecular formula is C19H16FNO2. The molecule has 0 bridgehead atoms. The Kier molecular flexibility index (Phi) is 4.06. The third-order valence-corrected chi connectivity index (χ3v) is 3.62. The summed E-state index contributed by atoms with van der Waals surface area (Å²) in [5, 5.41) is 0. The Morgan fingerprint density at radius 2 is 1.70 bits per heavy atom. The first-order valence-corrected chi connectivity index (χ1v) is 7.41. The van der Waals surface area contributed by atoms with Crippen molar-refractivity contribution in [2.75, 3.05) is 0 Å². The number of benzene rings is 2. The van der Waals surface area contributed by atoms with E-state index in [0.717, 1.165) is 5.56 Å². The highest BCUT2D eigenvalue weighted by Gasteiger charge is 2.24. The topological polar surface area (TPSA) is 38.7 Å². The quantitative estimate of drug-likeness (QED) is 0.626. The summed E-state index contributed by atoms with van der Waals surface area (Å²) in [6.45, 7) is 4.25. The minimum atomic E-state index is -0.503. The molecule has 0 saturated heterocycles. The first-order valence-electron chi connectivity index (χ1n) is 7.41. The molecule has 0 spiro atoms. The molecule has 0 fully saturated rings. The Morgan fingerprint density at radius 1 is 1.04 bits per heavy atom. The number of esters is 1. The summed E-state index contributed by atoms with van der Waals surface area (Å²) in [6.07, 6.45) is 1.68. The monoisotopic (exact) mass is 309 g/mol. The van der Waals surface area contributed by atoms with Crippen molar-refractivity contribution in [3.63, 3.8) is 0 Å². The smallest absolute Gasteiger partial charge is 0.363 e. The maximum atomic E-state index is 12.9. The van der Waals surface area contributed by atoms with Crippen LogP contribution in [0.2, 0.25) is 0 Å². The van der Waals surface area contributed by atoms with Crippen LogP contribution in [0.25, 0.3) is 6.08 Å². The zero-order valence-electron chi connectivity index (χ0n) is 12.9. The van der Waals surface area contributed by atoms with Crippen LogP contribution in [-0.2, 0) is 9.53 Å². The van der Waals surface area contributed by atoms with Crippen molar-refractivity contribution in [2.24, 2.45) is 4.99 Å². The molecule has 2 aromatic carbocycles. The van der Waals surface area contributed by atoms with Gasteiger partial charge in [-0.2, -0.15) is 0 Å². The predicted octanol–water partition coefficient (Wildman–Crippen LogP) is 4.29. The molecule has 0 aliphatic carbocycles. The van der Waals surface area contributed by atoms with Crippen LogP contribution in [-0.4, -0.2) is 11.9 Å². The number of halogens is 1. The van der Waals surface area contributed by atoms with E-state index in [1.807, 2.05) is 24.3 Å². The van der Waals surface area contributed by atoms with Crippen molar-refractivity contribution >= 4 is 17.9 Å². The second-order valence-corrected chi connectivity index (χ2v) is 5.66. The second-order valence-electron chi connectivity index (χ2n) is 5.66. The van der Waals surface area contributed by atoms with Crippen LogP contribution in [0.5, 0.6) is 0 Å². The summed E-state index contributed by atoms with van der Waals surface area (Å²) in [5.41, 5.74) is 2.92. The molecule has 1 aliphatic heterocycles. The number of carbonyl (C=O) groups excluding carboxylic acids is 1. The van der Waals surface area contributed by atoms with Gasteiger partial charge in [0, 0.05) is 5.56 Å². The lowest BCUT2D eigenvalue weighted by molar-refractivity contribution is -0.129. The van der Waals surface area contributed by atoms with Crippen molar-refractivity contribution in [1.29, 1.82) is 0 Å². The summed E-state index contributed by atoms with van der Waals surface area (Å²) in [7, 11) is 0. The summed E-state index contributed by atoms with van der Waals surface area (Å²) in [4.78, 5) is 16.1. The first-order chi connectivity index (χ1) is 11.0. The van der Waals surface area contributed by atoms with Gasteiger partial charge in [-0.25, -0.2) is 14.2 Å². The lowest BCUT2D eigenvalue weighted by Crippen LogP contribution is -2.05. The normalized spacial score (nSPS) is 15.9. The molecule has 3 rings (SSSR count). The van der Waals surface area contributed by atoms with Crippen molar-refractivity contribution in [3.8, 4) is 0 Å². The summed E-state index contributed by atoms with van der Waals surface area (Å²) < 4.78 is 18.1. The molecule has 3 nitrogen and oxygen atoms in total. The number of carbonyl (C=O) groups is 1. The van der Waals surface area contributed by atoms with Crippen LogP contribution >= 0.6 is 0 Å². The molecule has 116 valence electrons. The lowest BCUT2D eigenvalue weighted by atomic mass is 10.0. The number of cyclic esters (lactones) is 1. The minimum absolute atomic E-state index is 0.194. The summed E-state index contributed by atoms with van der Waals surface area (Å²) in [5.74, 6) is -0.201. The number of rotatable bonds is 3. The van der Waals surface area contributed by atoms with Crippen LogP contribution in [0.3, 0.4) is 0 Å². The van der Waals surface area contributed by atoms with E-state index in [2.05, 4.69) is 18.8 Å². The predicted molar refractivity (Wildman–Crippen MR) is 87.5 cm³/mol. The van der Waals surface area contributed by atoms with E-state index in [1.165, 1.54) is 29.8 Å². The van der Waals surface area contributed by atoms with Crippen LogP contribution < -0.4 is 0 Å². The van der Waals surface area contributed by atoms with Gasteiger partial charge in [0.2, 0.25) is 5.90 Å². The Balaban J connectivity index is 1.87. The number of hydrogen-bond acceptors (Lipinski definition) is 3. The average molecular weight is 309 g/mol. The SMILES string of the molecule is CC(C)c1ccc(C=C2N=C(c3ccc(F)cc3)OC2=O)cc1. The average Bonchev–Trinajstić information content (AvgIpc) is 2.89. The molecule has 0 amide bonds. The highest BCUT2D eigenvalue weighted by Crippen LogP contribution is 2.21. The van der Waals surface area contributed by atoms with Crippen molar-refractivity contribution < 1.29 is 13.9 Å². The zero-order chi connectivity index (χ0) is 16.4. The molecule has 0 aromatic heterocycles. The molecule has 2 aromatic rings. The van der Waals surface area contributed by atoms with Crippen LogP contribution in [0.4, 0.5) is 4.39 Å². The lowest BCUT2D eigenvalue weighted by Gasteiger charge is -2.04. The number of hydrogen-bond donors (Lipinski definition) is 0. The van der Waals surface area contributed by atoms with Gasteiger partial charge in [-0.3, -0.25) is 0 Å². The van der Waals surface area contributed by atoms with Crippen molar-refractivity contribution in [2.45, 2.75) is 19.8 Å². The Morgan fingerprint density at radius 3 is 2.30 bits per heavy atom. The molecule has 0 atom stereocenters. The van der Waals surface area contributed by atoms with Crippen LogP contribution in [0, 0.1) is 5.82 Å². The Bertz CT molecular complexity index is 787. The van der Waals surface area contributed by atoms with Crippen LogP contribution in [0.15, 0.2) is 59.2 Å². The molecule has 0 saturated carbocycles. The molecule has 0 N–H and O–H groups in total. The molecule has 1 aliphatic rings. The summed E-state index contributed by atoms with van der Waals surface area (Å²) >= 11 is 0. The van der Waals surface area contributed by atoms with Gasteiger partial charge in [0.25, 0.3) is 0 Å². The van der Waals surface area contributed by atoms with E-state index in [0.29, 0.717) is 11.5 Å². The Labute approximate surface area is 134 Å². The van der Waals surface area contributed by atoms with Gasteiger partial charge in [-0.15, -0.1) is 0 Å². The standard InChI is InChI=1S/C19H16FNO2/c1-12(2)14-5-3-13(4-6-14)11-17-19(22)23-18(21-17)15-7-9-16(20)10-8-15/h3-12H,1-2H3. The molecular weight excluding hydrogens is 293 g/mol. The maximum Gasteiger partial charge on any atom is 0.363 e. The number of aliphatic imine (C=N–C) groups is 1. The molecule has 0 radical (unpaired) electrons. The van der Waals surface area contributed by atoms with Gasteiger partial charge in [0.15, 0.2) is 5.70 Å². The fourth-order valence-corrected chi connectivity index (χ4v) is 2.26. The number of ether oxygens (including phenoxy) is 1. The summed E-state index contributed by atoms with van der Waals surface area (Å²) in [6, 6.07) is 13.6. The molecule has 0 unspecified atom stereocenters. The van der Waals surface area contributed by atoms with Gasteiger partial charge < -0.3 is 4.74 Å². The van der Waals surface area contributed by atoms with E-state index in [9.17, 15) is 9.18 Å². The van der Waals surface area contributed by atoms with E-state index < -0.39 is 5.97 Å². The van der Waals surface area contributed by atoms with Gasteiger partial charge in [0.1, 0.15) is 5.82 Å². The van der Waals surface area contributed by atoms with Crippen molar-refractivity contribution in [3.05, 3.63) is 76.7 Å². The molecule has 23 heavy (non-hydrogen) atoms. The number of nitrogens with zero attached hydrogens (tertiary/aromatic N) is 1. The third kappa shape index (κ3) is 3.37.